The first-order chi connectivity index (χ1) is 12.9. The summed E-state index contributed by atoms with van der Waals surface area (Å²) in [6, 6.07) is 13.1. The maximum Gasteiger partial charge on any atom is 0.191 e. The van der Waals surface area contributed by atoms with Crippen LogP contribution in [0.15, 0.2) is 52.2 Å². The van der Waals surface area contributed by atoms with Crippen LogP contribution in [0.1, 0.15) is 24.1 Å². The fourth-order valence-corrected chi connectivity index (χ4v) is 3.77. The van der Waals surface area contributed by atoms with E-state index >= 15 is 0 Å². The van der Waals surface area contributed by atoms with Crippen LogP contribution in [0.5, 0.6) is 0 Å². The fraction of sp³-hybridized carbons (Fsp3) is 0.450. The summed E-state index contributed by atoms with van der Waals surface area (Å²) in [6.45, 7) is 7.99. The number of thiophene rings is 1. The summed E-state index contributed by atoms with van der Waals surface area (Å²) in [4.78, 5) is 7.22. The SMILES string of the molecule is CCNC(=NCc1ccsc1)NCC(c1ccccc1)N1CCOCC1. The smallest absolute Gasteiger partial charge is 0.191 e. The van der Waals surface area contributed by atoms with Crippen molar-refractivity contribution in [2.75, 3.05) is 39.4 Å². The van der Waals surface area contributed by atoms with Gasteiger partial charge in [-0.3, -0.25) is 4.90 Å². The molecule has 0 aliphatic carbocycles. The predicted molar refractivity (Wildman–Crippen MR) is 109 cm³/mol. The highest BCUT2D eigenvalue weighted by atomic mass is 32.1. The molecule has 0 spiro atoms. The zero-order valence-electron chi connectivity index (χ0n) is 15.4. The second-order valence-electron chi connectivity index (χ2n) is 6.28. The molecule has 1 aliphatic rings. The molecule has 26 heavy (non-hydrogen) atoms. The first-order valence-electron chi connectivity index (χ1n) is 9.27. The molecule has 1 fully saturated rings. The Kier molecular flexibility index (Phi) is 7.49. The minimum atomic E-state index is 0.310. The lowest BCUT2D eigenvalue weighted by molar-refractivity contribution is 0.0170. The highest BCUT2D eigenvalue weighted by molar-refractivity contribution is 7.07. The number of hydrogen-bond donors (Lipinski definition) is 2. The van der Waals surface area contributed by atoms with Gasteiger partial charge in [0.25, 0.3) is 0 Å². The number of aliphatic imine (C=N–C) groups is 1. The minimum absolute atomic E-state index is 0.310. The van der Waals surface area contributed by atoms with E-state index in [-0.39, 0.29) is 0 Å². The quantitative estimate of drug-likeness (QED) is 0.580. The van der Waals surface area contributed by atoms with Gasteiger partial charge in [-0.1, -0.05) is 30.3 Å². The summed E-state index contributed by atoms with van der Waals surface area (Å²) in [5, 5.41) is 11.1. The van der Waals surface area contributed by atoms with Crippen LogP contribution < -0.4 is 10.6 Å². The van der Waals surface area contributed by atoms with E-state index in [1.54, 1.807) is 11.3 Å². The van der Waals surface area contributed by atoms with Gasteiger partial charge in [0.05, 0.1) is 25.8 Å². The number of rotatable bonds is 7. The fourth-order valence-electron chi connectivity index (χ4n) is 3.11. The summed E-state index contributed by atoms with van der Waals surface area (Å²) in [5.41, 5.74) is 2.58. The highest BCUT2D eigenvalue weighted by Crippen LogP contribution is 2.21. The highest BCUT2D eigenvalue weighted by Gasteiger charge is 2.22. The predicted octanol–water partition coefficient (Wildman–Crippen LogP) is 2.88. The first kappa shape index (κ1) is 18.9. The third-order valence-electron chi connectivity index (χ3n) is 4.48. The Hall–Kier alpha value is -1.89. The largest absolute Gasteiger partial charge is 0.379 e. The third kappa shape index (κ3) is 5.56. The van der Waals surface area contributed by atoms with Gasteiger partial charge in [-0.15, -0.1) is 0 Å². The lowest BCUT2D eigenvalue weighted by Crippen LogP contribution is -2.46. The monoisotopic (exact) mass is 372 g/mol. The summed E-state index contributed by atoms with van der Waals surface area (Å²) in [5.74, 6) is 0.868. The Labute approximate surface area is 160 Å². The van der Waals surface area contributed by atoms with Crippen molar-refractivity contribution in [1.29, 1.82) is 0 Å². The molecule has 5 nitrogen and oxygen atoms in total. The maximum absolute atomic E-state index is 5.53. The molecule has 1 atom stereocenters. The molecule has 1 unspecified atom stereocenters. The van der Waals surface area contributed by atoms with E-state index in [1.807, 2.05) is 0 Å². The van der Waals surface area contributed by atoms with E-state index < -0.39 is 0 Å². The molecular weight excluding hydrogens is 344 g/mol. The van der Waals surface area contributed by atoms with Crippen molar-refractivity contribution in [3.63, 3.8) is 0 Å². The van der Waals surface area contributed by atoms with Crippen LogP contribution in [0.3, 0.4) is 0 Å². The number of guanidine groups is 1. The van der Waals surface area contributed by atoms with Crippen molar-refractivity contribution in [3.05, 3.63) is 58.3 Å². The molecule has 2 heterocycles. The molecule has 0 bridgehead atoms. The Balaban J connectivity index is 1.67. The molecule has 0 amide bonds. The lowest BCUT2D eigenvalue weighted by atomic mass is 10.0. The molecule has 1 aromatic heterocycles. The van der Waals surface area contributed by atoms with E-state index in [4.69, 9.17) is 9.73 Å². The summed E-state index contributed by atoms with van der Waals surface area (Å²) in [7, 11) is 0. The minimum Gasteiger partial charge on any atom is -0.379 e. The first-order valence-corrected chi connectivity index (χ1v) is 10.2. The van der Waals surface area contributed by atoms with Crippen molar-refractivity contribution in [3.8, 4) is 0 Å². The van der Waals surface area contributed by atoms with Crippen LogP contribution >= 0.6 is 11.3 Å². The average molecular weight is 373 g/mol. The Bertz CT molecular complexity index is 654. The molecule has 6 heteroatoms. The molecule has 1 aliphatic heterocycles. The van der Waals surface area contributed by atoms with Gasteiger partial charge in [-0.25, -0.2) is 4.99 Å². The Morgan fingerprint density at radius 2 is 2.00 bits per heavy atom. The number of nitrogens with one attached hydrogen (secondary N) is 2. The Morgan fingerprint density at radius 3 is 2.69 bits per heavy atom. The van der Waals surface area contributed by atoms with E-state index in [0.717, 1.165) is 45.4 Å². The lowest BCUT2D eigenvalue weighted by Gasteiger charge is -2.35. The van der Waals surface area contributed by atoms with E-state index in [0.29, 0.717) is 12.6 Å². The average Bonchev–Trinajstić information content (AvgIpc) is 3.21. The number of nitrogens with zero attached hydrogens (tertiary/aromatic N) is 2. The molecule has 140 valence electrons. The molecule has 1 aromatic carbocycles. The van der Waals surface area contributed by atoms with Gasteiger partial charge >= 0.3 is 0 Å². The Morgan fingerprint density at radius 1 is 1.19 bits per heavy atom. The van der Waals surface area contributed by atoms with Crippen LogP contribution in [0.25, 0.3) is 0 Å². The summed E-state index contributed by atoms with van der Waals surface area (Å²) in [6.07, 6.45) is 0. The van der Waals surface area contributed by atoms with Crippen molar-refractivity contribution >= 4 is 17.3 Å². The zero-order chi connectivity index (χ0) is 18.0. The zero-order valence-corrected chi connectivity index (χ0v) is 16.2. The van der Waals surface area contributed by atoms with Crippen LogP contribution in [0.4, 0.5) is 0 Å². The van der Waals surface area contributed by atoms with Crippen LogP contribution in [0.2, 0.25) is 0 Å². The molecular formula is C20H28N4OS. The van der Waals surface area contributed by atoms with Gasteiger partial charge < -0.3 is 15.4 Å². The standard InChI is InChI=1S/C20H28N4OS/c1-2-21-20(22-14-17-8-13-26-16-17)23-15-19(18-6-4-3-5-7-18)24-9-11-25-12-10-24/h3-8,13,16,19H,2,9-12,14-15H2,1H3,(H2,21,22,23). The van der Waals surface area contributed by atoms with Crippen molar-refractivity contribution < 1.29 is 4.74 Å². The van der Waals surface area contributed by atoms with Gasteiger partial charge in [0.1, 0.15) is 0 Å². The third-order valence-corrected chi connectivity index (χ3v) is 5.21. The second-order valence-corrected chi connectivity index (χ2v) is 7.06. The van der Waals surface area contributed by atoms with E-state index in [1.165, 1.54) is 11.1 Å². The normalized spacial score (nSPS) is 17.0. The maximum atomic E-state index is 5.53. The summed E-state index contributed by atoms with van der Waals surface area (Å²) < 4.78 is 5.53. The molecule has 0 saturated carbocycles. The van der Waals surface area contributed by atoms with Crippen molar-refractivity contribution in [2.24, 2.45) is 4.99 Å². The van der Waals surface area contributed by atoms with Crippen molar-refractivity contribution in [1.82, 2.24) is 15.5 Å². The van der Waals surface area contributed by atoms with Gasteiger partial charge in [0.2, 0.25) is 0 Å². The molecule has 2 aromatic rings. The number of ether oxygens (including phenoxy) is 1. The summed E-state index contributed by atoms with van der Waals surface area (Å²) >= 11 is 1.71. The molecule has 3 rings (SSSR count). The molecule has 1 saturated heterocycles. The van der Waals surface area contributed by atoms with Gasteiger partial charge in [-0.05, 0) is 34.9 Å². The van der Waals surface area contributed by atoms with Crippen molar-refractivity contribution in [2.45, 2.75) is 19.5 Å². The van der Waals surface area contributed by atoms with Gasteiger partial charge in [-0.2, -0.15) is 11.3 Å². The number of hydrogen-bond acceptors (Lipinski definition) is 4. The van der Waals surface area contributed by atoms with Crippen LogP contribution in [0, 0.1) is 0 Å². The van der Waals surface area contributed by atoms with Gasteiger partial charge in [0.15, 0.2) is 5.96 Å². The van der Waals surface area contributed by atoms with Crippen LogP contribution in [-0.4, -0.2) is 50.3 Å². The number of benzene rings is 1. The van der Waals surface area contributed by atoms with E-state index in [9.17, 15) is 0 Å². The second kappa shape index (κ2) is 10.3. The van der Waals surface area contributed by atoms with Crippen LogP contribution in [-0.2, 0) is 11.3 Å². The molecule has 0 radical (unpaired) electrons. The number of morpholine rings is 1. The van der Waals surface area contributed by atoms with E-state index in [2.05, 4.69) is 69.6 Å². The topological polar surface area (TPSA) is 48.9 Å². The molecule has 2 N–H and O–H groups in total. The van der Waals surface area contributed by atoms with Gasteiger partial charge in [0, 0.05) is 26.2 Å².